The predicted molar refractivity (Wildman–Crippen MR) is 115 cm³/mol. The molecule has 0 bridgehead atoms. The molecule has 2 aromatic carbocycles. The number of amides is 2. The maximum Gasteiger partial charge on any atom is 0.253 e. The van der Waals surface area contributed by atoms with Crippen molar-refractivity contribution in [3.8, 4) is 0 Å². The van der Waals surface area contributed by atoms with Crippen LogP contribution in [0.5, 0.6) is 0 Å². The monoisotopic (exact) mass is 435 g/mol. The minimum Gasteiger partial charge on any atom is -0.352 e. The lowest BCUT2D eigenvalue weighted by Crippen LogP contribution is -2.45. The van der Waals surface area contributed by atoms with E-state index in [1.54, 1.807) is 24.3 Å². The Kier molecular flexibility index (Phi) is 7.55. The first-order chi connectivity index (χ1) is 14.0. The highest BCUT2D eigenvalue weighted by atomic mass is 32.2. The highest BCUT2D eigenvalue weighted by Gasteiger charge is 2.30. The molecular weight excluding hydrogens is 409 g/mol. The van der Waals surface area contributed by atoms with Crippen LogP contribution in [0.1, 0.15) is 31.1 Å². The van der Waals surface area contributed by atoms with Crippen LogP contribution in [0, 0.1) is 11.7 Å². The summed E-state index contributed by atoms with van der Waals surface area (Å²) in [5.74, 6) is -1.38. The van der Waals surface area contributed by atoms with Gasteiger partial charge in [0, 0.05) is 6.54 Å². The lowest BCUT2D eigenvalue weighted by atomic mass is 10.1. The van der Waals surface area contributed by atoms with Crippen molar-refractivity contribution >= 4 is 33.2 Å². The van der Waals surface area contributed by atoms with E-state index in [4.69, 9.17) is 0 Å². The normalized spacial score (nSPS) is 12.3. The Morgan fingerprint density at radius 2 is 1.73 bits per heavy atom. The van der Waals surface area contributed by atoms with E-state index in [1.807, 2.05) is 13.8 Å². The summed E-state index contributed by atoms with van der Waals surface area (Å²) in [7, 11) is -3.89. The first kappa shape index (κ1) is 23.3. The number of carbonyl (C=O) groups is 2. The standard InChI is InChI=1S/C21H26FN3O4S/c1-14(2)13-23-21(27)18-10-5-6-11-19(18)24-20(26)15(3)25(30(4,28)29)17-9-7-8-16(22)12-17/h5-12,14-15H,13H2,1-4H3,(H,23,27)(H,24,26). The molecule has 0 spiro atoms. The molecule has 2 N–H and O–H groups in total. The van der Waals surface area contributed by atoms with E-state index in [-0.39, 0.29) is 28.8 Å². The van der Waals surface area contributed by atoms with Gasteiger partial charge in [-0.25, -0.2) is 12.8 Å². The molecule has 0 aromatic heterocycles. The Morgan fingerprint density at radius 1 is 1.07 bits per heavy atom. The zero-order valence-electron chi connectivity index (χ0n) is 17.3. The molecule has 9 heteroatoms. The molecule has 0 aliphatic heterocycles. The SMILES string of the molecule is CC(C)CNC(=O)c1ccccc1NC(=O)C(C)N(c1cccc(F)c1)S(C)(=O)=O. The molecular formula is C21H26FN3O4S. The first-order valence-electron chi connectivity index (χ1n) is 9.43. The molecule has 0 saturated heterocycles. The lowest BCUT2D eigenvalue weighted by Gasteiger charge is -2.28. The second-order valence-electron chi connectivity index (χ2n) is 7.35. The minimum absolute atomic E-state index is 0.0307. The number of nitrogens with one attached hydrogen (secondary N) is 2. The van der Waals surface area contributed by atoms with Crippen molar-refractivity contribution in [3.05, 3.63) is 59.9 Å². The van der Waals surface area contributed by atoms with Crippen LogP contribution < -0.4 is 14.9 Å². The smallest absolute Gasteiger partial charge is 0.253 e. The summed E-state index contributed by atoms with van der Waals surface area (Å²) < 4.78 is 39.1. The van der Waals surface area contributed by atoms with Gasteiger partial charge in [0.15, 0.2) is 0 Å². The summed E-state index contributed by atoms with van der Waals surface area (Å²) in [6.07, 6.45) is 0.939. The van der Waals surface area contributed by atoms with Crippen LogP contribution in [0.4, 0.5) is 15.8 Å². The minimum atomic E-state index is -3.89. The second kappa shape index (κ2) is 9.71. The summed E-state index contributed by atoms with van der Waals surface area (Å²) in [4.78, 5) is 25.3. The number of hydrogen-bond acceptors (Lipinski definition) is 4. The number of anilines is 2. The number of para-hydroxylation sites is 1. The molecule has 2 rings (SSSR count). The van der Waals surface area contributed by atoms with Gasteiger partial charge < -0.3 is 10.6 Å². The lowest BCUT2D eigenvalue weighted by molar-refractivity contribution is -0.116. The number of sulfonamides is 1. The maximum absolute atomic E-state index is 13.6. The predicted octanol–water partition coefficient (Wildman–Crippen LogP) is 3.00. The molecule has 2 aromatic rings. The van der Waals surface area contributed by atoms with E-state index in [9.17, 15) is 22.4 Å². The molecule has 0 radical (unpaired) electrons. The molecule has 0 aliphatic carbocycles. The van der Waals surface area contributed by atoms with Crippen molar-refractivity contribution in [2.24, 2.45) is 5.92 Å². The van der Waals surface area contributed by atoms with Crippen molar-refractivity contribution < 1.29 is 22.4 Å². The van der Waals surface area contributed by atoms with Crippen LogP contribution >= 0.6 is 0 Å². The summed E-state index contributed by atoms with van der Waals surface area (Å²) in [6.45, 7) is 5.78. The number of halogens is 1. The Balaban J connectivity index is 2.29. The van der Waals surface area contributed by atoms with Crippen LogP contribution in [0.25, 0.3) is 0 Å². The number of carbonyl (C=O) groups excluding carboxylic acids is 2. The molecule has 1 unspecified atom stereocenters. The van der Waals surface area contributed by atoms with Gasteiger partial charge in [-0.1, -0.05) is 32.0 Å². The second-order valence-corrected chi connectivity index (χ2v) is 9.21. The van der Waals surface area contributed by atoms with Crippen LogP contribution in [0.15, 0.2) is 48.5 Å². The fraction of sp³-hybridized carbons (Fsp3) is 0.333. The van der Waals surface area contributed by atoms with Crippen molar-refractivity contribution in [2.75, 3.05) is 22.4 Å². The molecule has 0 heterocycles. The van der Waals surface area contributed by atoms with Crippen LogP contribution in [0.2, 0.25) is 0 Å². The topological polar surface area (TPSA) is 95.6 Å². The Hall–Kier alpha value is -2.94. The first-order valence-corrected chi connectivity index (χ1v) is 11.3. The van der Waals surface area contributed by atoms with Crippen molar-refractivity contribution in [2.45, 2.75) is 26.8 Å². The number of rotatable bonds is 8. The molecule has 30 heavy (non-hydrogen) atoms. The summed E-state index contributed by atoms with van der Waals surface area (Å²) in [6, 6.07) is 10.2. The zero-order chi connectivity index (χ0) is 22.5. The van der Waals surface area contributed by atoms with Gasteiger partial charge in [0.25, 0.3) is 5.91 Å². The van der Waals surface area contributed by atoms with E-state index in [1.165, 1.54) is 25.1 Å². The molecule has 0 aliphatic rings. The fourth-order valence-electron chi connectivity index (χ4n) is 2.84. The van der Waals surface area contributed by atoms with Gasteiger partial charge in [-0.15, -0.1) is 0 Å². The molecule has 0 fully saturated rings. The van der Waals surface area contributed by atoms with E-state index in [0.717, 1.165) is 16.6 Å². The molecule has 7 nitrogen and oxygen atoms in total. The van der Waals surface area contributed by atoms with E-state index in [2.05, 4.69) is 10.6 Å². The maximum atomic E-state index is 13.6. The highest BCUT2D eigenvalue weighted by Crippen LogP contribution is 2.23. The molecule has 1 atom stereocenters. The summed E-state index contributed by atoms with van der Waals surface area (Å²) in [5.41, 5.74) is 0.543. The fourth-order valence-corrected chi connectivity index (χ4v) is 4.01. The van der Waals surface area contributed by atoms with Crippen molar-refractivity contribution in [3.63, 3.8) is 0 Å². The highest BCUT2D eigenvalue weighted by molar-refractivity contribution is 7.92. The third kappa shape index (κ3) is 6.03. The Labute approximate surface area is 176 Å². The summed E-state index contributed by atoms with van der Waals surface area (Å²) in [5, 5.41) is 5.40. The quantitative estimate of drug-likeness (QED) is 0.666. The average Bonchev–Trinajstić information content (AvgIpc) is 2.65. The van der Waals surface area contributed by atoms with Gasteiger partial charge in [-0.05, 0) is 43.2 Å². The summed E-state index contributed by atoms with van der Waals surface area (Å²) >= 11 is 0. The largest absolute Gasteiger partial charge is 0.352 e. The van der Waals surface area contributed by atoms with Crippen LogP contribution in [0.3, 0.4) is 0 Å². The third-order valence-electron chi connectivity index (χ3n) is 4.25. The van der Waals surface area contributed by atoms with Gasteiger partial charge >= 0.3 is 0 Å². The van der Waals surface area contributed by atoms with Gasteiger partial charge in [0.1, 0.15) is 11.9 Å². The Morgan fingerprint density at radius 3 is 2.33 bits per heavy atom. The Bertz CT molecular complexity index is 1020. The van der Waals surface area contributed by atoms with Crippen LogP contribution in [-0.4, -0.2) is 39.1 Å². The third-order valence-corrected chi connectivity index (χ3v) is 5.49. The van der Waals surface area contributed by atoms with Gasteiger partial charge in [0.2, 0.25) is 15.9 Å². The van der Waals surface area contributed by atoms with E-state index in [0.29, 0.717) is 6.54 Å². The van der Waals surface area contributed by atoms with Crippen molar-refractivity contribution in [1.82, 2.24) is 5.32 Å². The van der Waals surface area contributed by atoms with Crippen LogP contribution in [-0.2, 0) is 14.8 Å². The zero-order valence-corrected chi connectivity index (χ0v) is 18.2. The molecule has 0 saturated carbocycles. The number of nitrogens with zero attached hydrogens (tertiary/aromatic N) is 1. The van der Waals surface area contributed by atoms with Gasteiger partial charge in [-0.2, -0.15) is 0 Å². The van der Waals surface area contributed by atoms with Gasteiger partial charge in [-0.3, -0.25) is 13.9 Å². The molecule has 2 amide bonds. The van der Waals surface area contributed by atoms with E-state index < -0.39 is 27.8 Å². The molecule has 162 valence electrons. The van der Waals surface area contributed by atoms with Gasteiger partial charge in [0.05, 0.1) is 23.2 Å². The average molecular weight is 436 g/mol. The number of benzene rings is 2. The van der Waals surface area contributed by atoms with E-state index >= 15 is 0 Å². The number of hydrogen-bond donors (Lipinski definition) is 2. The van der Waals surface area contributed by atoms with Crippen molar-refractivity contribution in [1.29, 1.82) is 0 Å².